The van der Waals surface area contributed by atoms with Crippen LogP contribution in [0.15, 0.2) is 0 Å². The minimum Gasteiger partial charge on any atom is -0.379 e. The zero-order valence-corrected chi connectivity index (χ0v) is 10.1. The zero-order valence-electron chi connectivity index (χ0n) is 9.26. The highest BCUT2D eigenvalue weighted by Crippen LogP contribution is 2.18. The van der Waals surface area contributed by atoms with Crippen LogP contribution in [0.2, 0.25) is 0 Å². The van der Waals surface area contributed by atoms with Gasteiger partial charge < -0.3 is 10.5 Å². The standard InChI is InChI=1S/C9H19N3O3S/c10-8-1-2-9(7-8)11-16(13,14)12-3-5-15-6-4-12/h8-9,11H,1-7,10H2/t8-,9-/m0/s1. The molecular weight excluding hydrogens is 230 g/mol. The lowest BCUT2D eigenvalue weighted by molar-refractivity contribution is 0.0723. The predicted molar refractivity (Wildman–Crippen MR) is 60.1 cm³/mol. The fourth-order valence-electron chi connectivity index (χ4n) is 2.20. The summed E-state index contributed by atoms with van der Waals surface area (Å²) in [6.07, 6.45) is 2.48. The molecule has 0 aromatic carbocycles. The van der Waals surface area contributed by atoms with Crippen LogP contribution in [0.25, 0.3) is 0 Å². The third-order valence-corrected chi connectivity index (χ3v) is 4.77. The minimum absolute atomic E-state index is 0.00263. The largest absolute Gasteiger partial charge is 0.379 e. The Morgan fingerprint density at radius 1 is 1.25 bits per heavy atom. The summed E-state index contributed by atoms with van der Waals surface area (Å²) in [4.78, 5) is 0. The first kappa shape index (κ1) is 12.3. The van der Waals surface area contributed by atoms with Crippen LogP contribution in [0, 0.1) is 0 Å². The van der Waals surface area contributed by atoms with Crippen LogP contribution in [-0.4, -0.2) is 51.1 Å². The van der Waals surface area contributed by atoms with E-state index in [2.05, 4.69) is 4.72 Å². The van der Waals surface area contributed by atoms with E-state index in [1.165, 1.54) is 4.31 Å². The van der Waals surface area contributed by atoms with E-state index >= 15 is 0 Å². The maximum absolute atomic E-state index is 12.0. The number of ether oxygens (including phenoxy) is 1. The summed E-state index contributed by atoms with van der Waals surface area (Å²) in [7, 11) is -3.34. The van der Waals surface area contributed by atoms with Gasteiger partial charge in [0.2, 0.25) is 0 Å². The van der Waals surface area contributed by atoms with E-state index in [0.29, 0.717) is 26.3 Å². The summed E-state index contributed by atoms with van der Waals surface area (Å²) < 4.78 is 33.2. The molecule has 0 aromatic rings. The van der Waals surface area contributed by atoms with Crippen LogP contribution in [0.5, 0.6) is 0 Å². The molecule has 0 aromatic heterocycles. The van der Waals surface area contributed by atoms with E-state index in [4.69, 9.17) is 10.5 Å². The van der Waals surface area contributed by atoms with E-state index in [-0.39, 0.29) is 12.1 Å². The summed E-state index contributed by atoms with van der Waals surface area (Å²) in [5, 5.41) is 0. The van der Waals surface area contributed by atoms with Gasteiger partial charge in [0.15, 0.2) is 0 Å². The van der Waals surface area contributed by atoms with Gasteiger partial charge in [-0.15, -0.1) is 0 Å². The Morgan fingerprint density at radius 3 is 2.50 bits per heavy atom. The van der Waals surface area contributed by atoms with Crippen molar-refractivity contribution >= 4 is 10.2 Å². The SMILES string of the molecule is N[C@H]1CC[C@H](NS(=O)(=O)N2CCOCC2)C1. The van der Waals surface area contributed by atoms with Crippen molar-refractivity contribution in [3.63, 3.8) is 0 Å². The topological polar surface area (TPSA) is 84.7 Å². The van der Waals surface area contributed by atoms with E-state index in [0.717, 1.165) is 19.3 Å². The molecule has 2 aliphatic rings. The van der Waals surface area contributed by atoms with Crippen molar-refractivity contribution in [3.05, 3.63) is 0 Å². The second-order valence-corrected chi connectivity index (χ2v) is 6.11. The molecule has 1 aliphatic carbocycles. The van der Waals surface area contributed by atoms with Crippen molar-refractivity contribution in [2.75, 3.05) is 26.3 Å². The molecule has 1 heterocycles. The molecule has 16 heavy (non-hydrogen) atoms. The van der Waals surface area contributed by atoms with Gasteiger partial charge in [-0.25, -0.2) is 0 Å². The first-order chi connectivity index (χ1) is 7.58. The van der Waals surface area contributed by atoms with Gasteiger partial charge in [-0.05, 0) is 19.3 Å². The number of nitrogens with one attached hydrogen (secondary N) is 1. The van der Waals surface area contributed by atoms with E-state index in [1.807, 2.05) is 0 Å². The number of rotatable bonds is 3. The number of morpholine rings is 1. The quantitative estimate of drug-likeness (QED) is 0.674. The highest BCUT2D eigenvalue weighted by molar-refractivity contribution is 7.87. The molecule has 1 saturated carbocycles. The fraction of sp³-hybridized carbons (Fsp3) is 1.00. The predicted octanol–water partition coefficient (Wildman–Crippen LogP) is -0.967. The smallest absolute Gasteiger partial charge is 0.279 e. The lowest BCUT2D eigenvalue weighted by Crippen LogP contribution is -2.49. The maximum Gasteiger partial charge on any atom is 0.279 e. The minimum atomic E-state index is -3.34. The molecule has 0 bridgehead atoms. The normalized spacial score (nSPS) is 33.1. The van der Waals surface area contributed by atoms with Crippen molar-refractivity contribution in [2.45, 2.75) is 31.3 Å². The Morgan fingerprint density at radius 2 is 1.94 bits per heavy atom. The van der Waals surface area contributed by atoms with Gasteiger partial charge >= 0.3 is 0 Å². The second-order valence-electron chi connectivity index (χ2n) is 4.40. The average molecular weight is 249 g/mol. The lowest BCUT2D eigenvalue weighted by atomic mass is 10.2. The maximum atomic E-state index is 12.0. The van der Waals surface area contributed by atoms with Crippen molar-refractivity contribution in [1.82, 2.24) is 9.03 Å². The molecular formula is C9H19N3O3S. The lowest BCUT2D eigenvalue weighted by Gasteiger charge is -2.27. The molecule has 2 atom stereocenters. The van der Waals surface area contributed by atoms with Crippen LogP contribution in [-0.2, 0) is 14.9 Å². The third-order valence-electron chi connectivity index (χ3n) is 3.10. The molecule has 7 heteroatoms. The average Bonchev–Trinajstić information content (AvgIpc) is 2.64. The van der Waals surface area contributed by atoms with Crippen LogP contribution < -0.4 is 10.5 Å². The molecule has 2 fully saturated rings. The summed E-state index contributed by atoms with van der Waals surface area (Å²) in [5.74, 6) is 0. The molecule has 1 saturated heterocycles. The molecule has 0 amide bonds. The molecule has 0 spiro atoms. The highest BCUT2D eigenvalue weighted by atomic mass is 32.2. The van der Waals surface area contributed by atoms with Gasteiger partial charge in [0.05, 0.1) is 13.2 Å². The van der Waals surface area contributed by atoms with Crippen LogP contribution >= 0.6 is 0 Å². The van der Waals surface area contributed by atoms with Crippen molar-refractivity contribution in [3.8, 4) is 0 Å². The van der Waals surface area contributed by atoms with Crippen molar-refractivity contribution < 1.29 is 13.2 Å². The van der Waals surface area contributed by atoms with Gasteiger partial charge in [0.25, 0.3) is 10.2 Å². The van der Waals surface area contributed by atoms with E-state index in [1.54, 1.807) is 0 Å². The first-order valence-corrected chi connectivity index (χ1v) is 7.12. The van der Waals surface area contributed by atoms with Crippen LogP contribution in [0.1, 0.15) is 19.3 Å². The summed E-state index contributed by atoms with van der Waals surface area (Å²) in [6, 6.07) is 0.139. The Labute approximate surface area is 96.3 Å². The highest BCUT2D eigenvalue weighted by Gasteiger charge is 2.30. The number of nitrogens with two attached hydrogens (primary N) is 1. The third kappa shape index (κ3) is 2.92. The van der Waals surface area contributed by atoms with Gasteiger partial charge in [-0.1, -0.05) is 0 Å². The Bertz CT molecular complexity index is 327. The van der Waals surface area contributed by atoms with Gasteiger partial charge in [-0.2, -0.15) is 17.4 Å². The first-order valence-electron chi connectivity index (χ1n) is 5.68. The number of hydrogen-bond acceptors (Lipinski definition) is 4. The van der Waals surface area contributed by atoms with Crippen LogP contribution in [0.4, 0.5) is 0 Å². The molecule has 2 rings (SSSR count). The monoisotopic (exact) mass is 249 g/mol. The summed E-state index contributed by atoms with van der Waals surface area (Å²) >= 11 is 0. The van der Waals surface area contributed by atoms with Gasteiger partial charge in [0, 0.05) is 25.2 Å². The Balaban J connectivity index is 1.91. The molecule has 1 aliphatic heterocycles. The zero-order chi connectivity index (χ0) is 11.6. The molecule has 3 N–H and O–H groups in total. The Kier molecular flexibility index (Phi) is 3.81. The molecule has 0 unspecified atom stereocenters. The van der Waals surface area contributed by atoms with Gasteiger partial charge in [-0.3, -0.25) is 0 Å². The summed E-state index contributed by atoms with van der Waals surface area (Å²) in [5.41, 5.74) is 5.75. The van der Waals surface area contributed by atoms with Crippen molar-refractivity contribution in [2.24, 2.45) is 5.73 Å². The number of hydrogen-bond donors (Lipinski definition) is 2. The van der Waals surface area contributed by atoms with Crippen LogP contribution in [0.3, 0.4) is 0 Å². The van der Waals surface area contributed by atoms with Crippen molar-refractivity contribution in [1.29, 1.82) is 0 Å². The van der Waals surface area contributed by atoms with E-state index < -0.39 is 10.2 Å². The molecule has 94 valence electrons. The molecule has 6 nitrogen and oxygen atoms in total. The Hall–Kier alpha value is -0.210. The number of nitrogens with zero attached hydrogens (tertiary/aromatic N) is 1. The second kappa shape index (κ2) is 4.97. The fourth-order valence-corrected chi connectivity index (χ4v) is 3.61. The summed E-state index contributed by atoms with van der Waals surface area (Å²) in [6.45, 7) is 1.83. The molecule has 0 radical (unpaired) electrons. The van der Waals surface area contributed by atoms with E-state index in [9.17, 15) is 8.42 Å². The van der Waals surface area contributed by atoms with Gasteiger partial charge in [0.1, 0.15) is 0 Å².